The van der Waals surface area contributed by atoms with Gasteiger partial charge in [-0.3, -0.25) is 14.6 Å². The number of hydrogen-bond donors (Lipinski definition) is 1. The monoisotopic (exact) mass is 466 g/mol. The van der Waals surface area contributed by atoms with E-state index in [1.807, 2.05) is 19.1 Å². The minimum absolute atomic E-state index is 0.153. The fourth-order valence-corrected chi connectivity index (χ4v) is 3.98. The fourth-order valence-electron chi connectivity index (χ4n) is 3.98. The lowest BCUT2D eigenvalue weighted by molar-refractivity contribution is -0.140. The average molecular weight is 466 g/mol. The number of hydrogen-bond acceptors (Lipinski definition) is 4. The molecule has 1 unspecified atom stereocenters. The van der Waals surface area contributed by atoms with Crippen molar-refractivity contribution < 1.29 is 27.9 Å². The number of carbonyl (C=O) groups excluding carboxylic acids is 2. The van der Waals surface area contributed by atoms with Crippen molar-refractivity contribution in [3.05, 3.63) is 106 Å². The molecule has 1 fully saturated rings. The summed E-state index contributed by atoms with van der Waals surface area (Å²) in [4.78, 5) is 31.4. The van der Waals surface area contributed by atoms with E-state index in [0.717, 1.165) is 29.0 Å². The average Bonchev–Trinajstić information content (AvgIpc) is 3.09. The Labute approximate surface area is 194 Å². The number of halogens is 3. The van der Waals surface area contributed by atoms with Gasteiger partial charge < -0.3 is 10.0 Å². The third-order valence-electron chi connectivity index (χ3n) is 5.75. The van der Waals surface area contributed by atoms with Crippen molar-refractivity contribution in [2.24, 2.45) is 0 Å². The molecule has 34 heavy (non-hydrogen) atoms. The molecule has 1 atom stereocenters. The number of benzene rings is 2. The zero-order valence-corrected chi connectivity index (χ0v) is 18.2. The Bertz CT molecular complexity index is 1250. The van der Waals surface area contributed by atoms with E-state index in [4.69, 9.17) is 0 Å². The molecule has 0 radical (unpaired) electrons. The van der Waals surface area contributed by atoms with Crippen LogP contribution in [0, 0.1) is 0 Å². The normalized spacial score (nSPS) is 17.9. The van der Waals surface area contributed by atoms with Crippen molar-refractivity contribution in [1.29, 1.82) is 0 Å². The van der Waals surface area contributed by atoms with Crippen LogP contribution in [0.25, 0.3) is 5.76 Å². The molecule has 1 N–H and O–H groups in total. The molecule has 0 spiro atoms. The number of rotatable bonds is 5. The Morgan fingerprint density at radius 2 is 1.74 bits per heavy atom. The molecule has 1 aromatic heterocycles. The predicted molar refractivity (Wildman–Crippen MR) is 119 cm³/mol. The van der Waals surface area contributed by atoms with Gasteiger partial charge in [0.1, 0.15) is 11.8 Å². The molecular formula is C26H21F3N2O3. The lowest BCUT2D eigenvalue weighted by Gasteiger charge is -2.25. The Balaban J connectivity index is 1.81. The molecule has 2 heterocycles. The zero-order chi connectivity index (χ0) is 24.5. The van der Waals surface area contributed by atoms with E-state index in [0.29, 0.717) is 11.3 Å². The van der Waals surface area contributed by atoms with Crippen LogP contribution in [0.5, 0.6) is 0 Å². The number of amides is 1. The lowest BCUT2D eigenvalue weighted by Crippen LogP contribution is -2.29. The molecule has 5 nitrogen and oxygen atoms in total. The summed E-state index contributed by atoms with van der Waals surface area (Å²) in [5.41, 5.74) is 0.898. The molecule has 1 amide bonds. The van der Waals surface area contributed by atoms with Crippen LogP contribution in [0.4, 0.5) is 13.2 Å². The van der Waals surface area contributed by atoms with Gasteiger partial charge in [0.05, 0.1) is 16.8 Å². The number of nitrogens with zero attached hydrogens (tertiary/aromatic N) is 2. The van der Waals surface area contributed by atoms with Gasteiger partial charge in [-0.15, -0.1) is 0 Å². The molecule has 0 bridgehead atoms. The van der Waals surface area contributed by atoms with Crippen LogP contribution in [0.15, 0.2) is 78.5 Å². The van der Waals surface area contributed by atoms with Crippen LogP contribution in [-0.4, -0.2) is 26.7 Å². The summed E-state index contributed by atoms with van der Waals surface area (Å²) >= 11 is 0. The Hall–Kier alpha value is -3.94. The van der Waals surface area contributed by atoms with Gasteiger partial charge in [0.15, 0.2) is 0 Å². The van der Waals surface area contributed by atoms with Gasteiger partial charge in [0, 0.05) is 18.3 Å². The number of Topliss-reactive ketones (excluding diaryl/α,β-unsaturated/α-hetero) is 1. The minimum Gasteiger partial charge on any atom is -0.507 e. The van der Waals surface area contributed by atoms with Crippen LogP contribution in [0.1, 0.15) is 40.9 Å². The number of likely N-dealkylation sites (tertiary alicyclic amines) is 1. The summed E-state index contributed by atoms with van der Waals surface area (Å²) < 4.78 is 39.6. The lowest BCUT2D eigenvalue weighted by atomic mass is 9.97. The molecule has 1 aliphatic rings. The molecule has 174 valence electrons. The van der Waals surface area contributed by atoms with Crippen LogP contribution in [0.3, 0.4) is 0 Å². The Kier molecular flexibility index (Phi) is 6.24. The summed E-state index contributed by atoms with van der Waals surface area (Å²) in [6.45, 7) is 1.72. The van der Waals surface area contributed by atoms with Gasteiger partial charge in [0.25, 0.3) is 11.7 Å². The van der Waals surface area contributed by atoms with E-state index in [9.17, 15) is 27.9 Å². The number of ketones is 1. The van der Waals surface area contributed by atoms with Crippen molar-refractivity contribution in [1.82, 2.24) is 9.88 Å². The van der Waals surface area contributed by atoms with E-state index in [-0.39, 0.29) is 23.4 Å². The summed E-state index contributed by atoms with van der Waals surface area (Å²) in [7, 11) is 0. The summed E-state index contributed by atoms with van der Waals surface area (Å²) in [5, 5.41) is 11.0. The van der Waals surface area contributed by atoms with Crippen LogP contribution in [-0.2, 0) is 28.7 Å². The maximum absolute atomic E-state index is 13.2. The highest BCUT2D eigenvalue weighted by molar-refractivity contribution is 6.46. The van der Waals surface area contributed by atoms with Crippen LogP contribution >= 0.6 is 0 Å². The number of aromatic nitrogens is 1. The molecule has 0 aliphatic carbocycles. The van der Waals surface area contributed by atoms with Crippen molar-refractivity contribution in [2.75, 3.05) is 0 Å². The van der Waals surface area contributed by atoms with Gasteiger partial charge in [0.2, 0.25) is 0 Å². The van der Waals surface area contributed by atoms with Gasteiger partial charge in [-0.1, -0.05) is 49.4 Å². The first kappa shape index (κ1) is 23.2. The van der Waals surface area contributed by atoms with Crippen molar-refractivity contribution in [2.45, 2.75) is 32.1 Å². The maximum atomic E-state index is 13.2. The number of aryl methyl sites for hydroxylation is 1. The Morgan fingerprint density at radius 3 is 2.35 bits per heavy atom. The van der Waals surface area contributed by atoms with E-state index < -0.39 is 29.5 Å². The predicted octanol–water partition coefficient (Wildman–Crippen LogP) is 5.28. The van der Waals surface area contributed by atoms with Crippen LogP contribution < -0.4 is 0 Å². The van der Waals surface area contributed by atoms with Crippen molar-refractivity contribution >= 4 is 17.4 Å². The third kappa shape index (κ3) is 4.44. The standard InChI is InChI=1S/C26H21F3N2O3/c1-2-16-9-11-18(12-10-16)23(32)21-22(20-8-3-4-13-30-20)31(25(34)24(21)33)15-17-6-5-7-19(14-17)26(27,28)29/h3-14,22,32H,2,15H2,1H3/b23-21+. The van der Waals surface area contributed by atoms with Crippen molar-refractivity contribution in [3.63, 3.8) is 0 Å². The zero-order valence-electron chi connectivity index (χ0n) is 18.2. The second kappa shape index (κ2) is 9.13. The number of aliphatic hydroxyl groups is 1. The topological polar surface area (TPSA) is 70.5 Å². The third-order valence-corrected chi connectivity index (χ3v) is 5.75. The molecular weight excluding hydrogens is 445 g/mol. The van der Waals surface area contributed by atoms with Gasteiger partial charge >= 0.3 is 6.18 Å². The first-order valence-electron chi connectivity index (χ1n) is 10.7. The highest BCUT2D eigenvalue weighted by atomic mass is 19.4. The molecule has 8 heteroatoms. The summed E-state index contributed by atoms with van der Waals surface area (Å²) in [6, 6.07) is 15.4. The summed E-state index contributed by atoms with van der Waals surface area (Å²) in [5.74, 6) is -2.19. The highest BCUT2D eigenvalue weighted by Crippen LogP contribution is 2.40. The minimum atomic E-state index is -4.55. The number of carbonyl (C=O) groups is 2. The number of aliphatic hydroxyl groups excluding tert-OH is 1. The maximum Gasteiger partial charge on any atom is 0.416 e. The molecule has 4 rings (SSSR count). The van der Waals surface area contributed by atoms with Gasteiger partial charge in [-0.25, -0.2) is 0 Å². The molecule has 0 saturated carbocycles. The fraction of sp³-hybridized carbons (Fsp3) is 0.192. The van der Waals surface area contributed by atoms with E-state index in [1.54, 1.807) is 30.3 Å². The second-order valence-corrected chi connectivity index (χ2v) is 7.93. The molecule has 3 aromatic rings. The molecule has 1 saturated heterocycles. The number of alkyl halides is 3. The SMILES string of the molecule is CCc1ccc(/C(O)=C2\C(=O)C(=O)N(Cc3cccc(C(F)(F)F)c3)C2c2ccccn2)cc1. The molecule has 1 aliphatic heterocycles. The first-order valence-corrected chi connectivity index (χ1v) is 10.7. The van der Waals surface area contributed by atoms with E-state index in [2.05, 4.69) is 4.98 Å². The second-order valence-electron chi connectivity index (χ2n) is 7.93. The Morgan fingerprint density at radius 1 is 1.00 bits per heavy atom. The smallest absolute Gasteiger partial charge is 0.416 e. The molecule has 2 aromatic carbocycles. The van der Waals surface area contributed by atoms with Gasteiger partial charge in [-0.05, 0) is 41.8 Å². The largest absolute Gasteiger partial charge is 0.507 e. The number of pyridine rings is 1. The van der Waals surface area contributed by atoms with Crippen LogP contribution in [0.2, 0.25) is 0 Å². The van der Waals surface area contributed by atoms with Crippen molar-refractivity contribution in [3.8, 4) is 0 Å². The highest BCUT2D eigenvalue weighted by Gasteiger charge is 2.46. The van der Waals surface area contributed by atoms with E-state index in [1.165, 1.54) is 18.3 Å². The quantitative estimate of drug-likeness (QED) is 0.315. The first-order chi connectivity index (χ1) is 16.2. The van der Waals surface area contributed by atoms with Gasteiger partial charge in [-0.2, -0.15) is 13.2 Å². The van der Waals surface area contributed by atoms with E-state index >= 15 is 0 Å². The summed E-state index contributed by atoms with van der Waals surface area (Å²) in [6.07, 6.45) is -2.28.